The predicted molar refractivity (Wildman–Crippen MR) is 71.5 cm³/mol. The van der Waals surface area contributed by atoms with Crippen LogP contribution in [0.4, 0.5) is 0 Å². The summed E-state index contributed by atoms with van der Waals surface area (Å²) >= 11 is 1.70. The Bertz CT molecular complexity index is 344. The van der Waals surface area contributed by atoms with E-state index in [1.807, 2.05) is 5.51 Å². The van der Waals surface area contributed by atoms with Gasteiger partial charge in [0, 0.05) is 43.5 Å². The van der Waals surface area contributed by atoms with E-state index < -0.39 is 0 Å². The zero-order valence-electron chi connectivity index (χ0n) is 10.3. The molecule has 2 heterocycles. The molecular formula is C13H21N3S. The molecule has 4 heteroatoms. The molecule has 3 rings (SSSR count). The number of nitrogens with one attached hydrogen (secondary N) is 1. The highest BCUT2D eigenvalue weighted by molar-refractivity contribution is 7.07. The molecule has 1 aliphatic carbocycles. The molecule has 0 aromatic carbocycles. The van der Waals surface area contributed by atoms with Crippen molar-refractivity contribution in [2.75, 3.05) is 26.2 Å². The Labute approximate surface area is 107 Å². The third-order valence-electron chi connectivity index (χ3n) is 4.18. The quantitative estimate of drug-likeness (QED) is 0.889. The molecule has 3 nitrogen and oxygen atoms in total. The monoisotopic (exact) mass is 251 g/mol. The molecule has 2 fully saturated rings. The molecule has 0 atom stereocenters. The van der Waals surface area contributed by atoms with Gasteiger partial charge in [-0.1, -0.05) is 12.8 Å². The van der Waals surface area contributed by atoms with Gasteiger partial charge in [-0.05, 0) is 12.8 Å². The summed E-state index contributed by atoms with van der Waals surface area (Å²) in [6.07, 6.45) is 6.68. The van der Waals surface area contributed by atoms with E-state index in [4.69, 9.17) is 0 Å². The van der Waals surface area contributed by atoms with Gasteiger partial charge < -0.3 is 5.32 Å². The van der Waals surface area contributed by atoms with Gasteiger partial charge in [0.15, 0.2) is 0 Å². The summed E-state index contributed by atoms with van der Waals surface area (Å²) in [4.78, 5) is 6.99. The molecule has 2 aliphatic rings. The summed E-state index contributed by atoms with van der Waals surface area (Å²) in [7, 11) is 0. The van der Waals surface area contributed by atoms with E-state index >= 15 is 0 Å². The van der Waals surface area contributed by atoms with Crippen molar-refractivity contribution in [1.82, 2.24) is 15.2 Å². The molecule has 1 spiro atoms. The second-order valence-corrected chi connectivity index (χ2v) is 6.14. The molecule has 1 aromatic heterocycles. The highest BCUT2D eigenvalue weighted by Gasteiger charge is 2.37. The van der Waals surface area contributed by atoms with Crippen molar-refractivity contribution in [1.29, 1.82) is 0 Å². The first-order valence-electron chi connectivity index (χ1n) is 6.71. The topological polar surface area (TPSA) is 28.2 Å². The minimum Gasteiger partial charge on any atom is -0.309 e. The van der Waals surface area contributed by atoms with E-state index in [-0.39, 0.29) is 0 Å². The predicted octanol–water partition coefficient (Wildman–Crippen LogP) is 1.90. The van der Waals surface area contributed by atoms with Crippen molar-refractivity contribution < 1.29 is 0 Å². The largest absolute Gasteiger partial charge is 0.309 e. The Balaban J connectivity index is 1.53. The van der Waals surface area contributed by atoms with Crippen LogP contribution in [0.5, 0.6) is 0 Å². The van der Waals surface area contributed by atoms with E-state index in [1.165, 1.54) is 51.0 Å². The van der Waals surface area contributed by atoms with Crippen molar-refractivity contribution >= 4 is 11.3 Å². The normalized spacial score (nSPS) is 24.5. The molecule has 0 bridgehead atoms. The van der Waals surface area contributed by atoms with Gasteiger partial charge in [0.25, 0.3) is 0 Å². The number of piperazine rings is 1. The summed E-state index contributed by atoms with van der Waals surface area (Å²) in [6.45, 7) is 4.78. The van der Waals surface area contributed by atoms with Gasteiger partial charge in [-0.25, -0.2) is 4.98 Å². The molecule has 17 heavy (non-hydrogen) atoms. The molecular weight excluding hydrogens is 230 g/mol. The van der Waals surface area contributed by atoms with Crippen LogP contribution in [-0.2, 0) is 6.42 Å². The Hall–Kier alpha value is -0.450. The van der Waals surface area contributed by atoms with Crippen molar-refractivity contribution in [3.63, 3.8) is 0 Å². The van der Waals surface area contributed by atoms with Gasteiger partial charge in [0.1, 0.15) is 0 Å². The zero-order chi connectivity index (χ0) is 11.6. The van der Waals surface area contributed by atoms with Gasteiger partial charge in [0.05, 0.1) is 11.2 Å². The number of hydrogen-bond acceptors (Lipinski definition) is 4. The van der Waals surface area contributed by atoms with E-state index in [0.717, 1.165) is 13.0 Å². The van der Waals surface area contributed by atoms with E-state index in [9.17, 15) is 0 Å². The van der Waals surface area contributed by atoms with Crippen LogP contribution in [0, 0.1) is 0 Å². The lowest BCUT2D eigenvalue weighted by Gasteiger charge is -2.41. The summed E-state index contributed by atoms with van der Waals surface area (Å²) < 4.78 is 0. The molecule has 94 valence electrons. The first-order chi connectivity index (χ1) is 8.36. The lowest BCUT2D eigenvalue weighted by Crippen LogP contribution is -2.59. The first kappa shape index (κ1) is 11.6. The smallest absolute Gasteiger partial charge is 0.0794 e. The maximum atomic E-state index is 4.37. The van der Waals surface area contributed by atoms with Crippen LogP contribution in [0.1, 0.15) is 31.4 Å². The minimum absolute atomic E-state index is 0.459. The van der Waals surface area contributed by atoms with Crippen molar-refractivity contribution in [3.8, 4) is 0 Å². The third kappa shape index (κ3) is 2.69. The minimum atomic E-state index is 0.459. The zero-order valence-corrected chi connectivity index (χ0v) is 11.1. The summed E-state index contributed by atoms with van der Waals surface area (Å²) in [5.74, 6) is 0. The van der Waals surface area contributed by atoms with Crippen LogP contribution in [-0.4, -0.2) is 41.6 Å². The molecule has 1 N–H and O–H groups in total. The number of aromatic nitrogens is 1. The van der Waals surface area contributed by atoms with Crippen LogP contribution in [0.15, 0.2) is 10.9 Å². The Morgan fingerprint density at radius 1 is 1.41 bits per heavy atom. The first-order valence-corrected chi connectivity index (χ1v) is 7.65. The maximum Gasteiger partial charge on any atom is 0.0794 e. The fraction of sp³-hybridized carbons (Fsp3) is 0.769. The third-order valence-corrected chi connectivity index (χ3v) is 4.82. The molecule has 0 radical (unpaired) electrons. The molecule has 0 unspecified atom stereocenters. The number of thiazole rings is 1. The lowest BCUT2D eigenvalue weighted by molar-refractivity contribution is 0.136. The average Bonchev–Trinajstić information content (AvgIpc) is 2.99. The lowest BCUT2D eigenvalue weighted by atomic mass is 9.94. The maximum absolute atomic E-state index is 4.37. The molecule has 1 aromatic rings. The van der Waals surface area contributed by atoms with Gasteiger partial charge in [0.2, 0.25) is 0 Å². The van der Waals surface area contributed by atoms with Gasteiger partial charge in [-0.15, -0.1) is 11.3 Å². The number of rotatable bonds is 3. The number of nitrogens with zero attached hydrogens (tertiary/aromatic N) is 2. The van der Waals surface area contributed by atoms with E-state index in [0.29, 0.717) is 5.54 Å². The molecule has 1 saturated carbocycles. The second-order valence-electron chi connectivity index (χ2n) is 5.42. The van der Waals surface area contributed by atoms with Crippen LogP contribution >= 0.6 is 11.3 Å². The van der Waals surface area contributed by atoms with Gasteiger partial charge in [-0.2, -0.15) is 0 Å². The standard InChI is InChI=1S/C13H21N3S/c1-2-5-13(4-1)10-16(8-6-15-13)7-3-12-9-17-11-14-12/h9,11,15H,1-8,10H2. The highest BCUT2D eigenvalue weighted by atomic mass is 32.1. The van der Waals surface area contributed by atoms with Crippen LogP contribution in [0.3, 0.4) is 0 Å². The molecule has 0 amide bonds. The number of hydrogen-bond donors (Lipinski definition) is 1. The van der Waals surface area contributed by atoms with Gasteiger partial charge in [-0.3, -0.25) is 4.90 Å². The van der Waals surface area contributed by atoms with Crippen LogP contribution < -0.4 is 5.32 Å². The molecule has 1 saturated heterocycles. The highest BCUT2D eigenvalue weighted by Crippen LogP contribution is 2.31. The fourth-order valence-corrected chi connectivity index (χ4v) is 3.85. The SMILES string of the molecule is c1nc(CCN2CCNC3(CCCC3)C2)cs1. The summed E-state index contributed by atoms with van der Waals surface area (Å²) in [6, 6.07) is 0. The van der Waals surface area contributed by atoms with Crippen LogP contribution in [0.2, 0.25) is 0 Å². The molecule has 1 aliphatic heterocycles. The Kier molecular flexibility index (Phi) is 3.45. The van der Waals surface area contributed by atoms with E-state index in [2.05, 4.69) is 20.6 Å². The van der Waals surface area contributed by atoms with E-state index in [1.54, 1.807) is 11.3 Å². The Morgan fingerprint density at radius 2 is 2.29 bits per heavy atom. The average molecular weight is 251 g/mol. The van der Waals surface area contributed by atoms with Gasteiger partial charge >= 0.3 is 0 Å². The fourth-order valence-electron chi connectivity index (χ4n) is 3.25. The summed E-state index contributed by atoms with van der Waals surface area (Å²) in [5, 5.41) is 5.94. The van der Waals surface area contributed by atoms with Crippen molar-refractivity contribution in [3.05, 3.63) is 16.6 Å². The van der Waals surface area contributed by atoms with Crippen molar-refractivity contribution in [2.45, 2.75) is 37.6 Å². The second kappa shape index (κ2) is 5.04. The Morgan fingerprint density at radius 3 is 3.06 bits per heavy atom. The van der Waals surface area contributed by atoms with Crippen LogP contribution in [0.25, 0.3) is 0 Å². The van der Waals surface area contributed by atoms with Crippen molar-refractivity contribution in [2.24, 2.45) is 0 Å². The summed E-state index contributed by atoms with van der Waals surface area (Å²) in [5.41, 5.74) is 3.65.